The molecule has 1 aromatic heterocycles. The Hall–Kier alpha value is -3.95. The number of benzene rings is 1. The quantitative estimate of drug-likeness (QED) is 0.463. The smallest absolute Gasteiger partial charge is 0.332 e. The zero-order valence-corrected chi connectivity index (χ0v) is 19.7. The molecule has 1 saturated heterocycles. The molecule has 0 radical (unpaired) electrons. The van der Waals surface area contributed by atoms with E-state index in [9.17, 15) is 24.0 Å². The van der Waals surface area contributed by atoms with Crippen LogP contribution in [0.15, 0.2) is 53.6 Å². The Labute approximate surface area is 202 Å². The fraction of sp³-hybridized carbons (Fsp3) is 0.400. The molecule has 35 heavy (non-hydrogen) atoms. The van der Waals surface area contributed by atoms with Gasteiger partial charge in [-0.25, -0.2) is 4.79 Å². The van der Waals surface area contributed by atoms with E-state index in [4.69, 9.17) is 14.2 Å². The second kappa shape index (κ2) is 11.5. The van der Waals surface area contributed by atoms with E-state index in [1.165, 1.54) is 25.4 Å². The lowest BCUT2D eigenvalue weighted by atomic mass is 9.91. The van der Waals surface area contributed by atoms with Crippen molar-refractivity contribution in [3.8, 4) is 0 Å². The number of amides is 1. The highest BCUT2D eigenvalue weighted by molar-refractivity contribution is 5.96. The van der Waals surface area contributed by atoms with E-state index in [0.29, 0.717) is 0 Å². The first-order valence-corrected chi connectivity index (χ1v) is 11.3. The summed E-state index contributed by atoms with van der Waals surface area (Å²) < 4.78 is 16.5. The molecule has 1 fully saturated rings. The monoisotopic (exact) mass is 484 g/mol. The summed E-state index contributed by atoms with van der Waals surface area (Å²) in [6, 6.07) is 8.88. The molecule has 0 aliphatic carbocycles. The summed E-state index contributed by atoms with van der Waals surface area (Å²) in [7, 11) is 0. The zero-order chi connectivity index (χ0) is 25.5. The van der Waals surface area contributed by atoms with Crippen LogP contribution in [0, 0.1) is 11.8 Å². The van der Waals surface area contributed by atoms with Crippen molar-refractivity contribution < 1.29 is 33.4 Å². The van der Waals surface area contributed by atoms with E-state index < -0.39 is 65.9 Å². The Kier molecular flexibility index (Phi) is 8.40. The maximum absolute atomic E-state index is 13.1. The summed E-state index contributed by atoms with van der Waals surface area (Å²) in [5.74, 6) is -4.44. The van der Waals surface area contributed by atoms with Crippen LogP contribution >= 0.6 is 0 Å². The van der Waals surface area contributed by atoms with Gasteiger partial charge in [0.1, 0.15) is 24.2 Å². The Balaban J connectivity index is 1.87. The number of pyridine rings is 1. The van der Waals surface area contributed by atoms with E-state index in [2.05, 4.69) is 10.3 Å². The lowest BCUT2D eigenvalue weighted by molar-refractivity contribution is -0.176. The predicted molar refractivity (Wildman–Crippen MR) is 123 cm³/mol. The van der Waals surface area contributed by atoms with Crippen LogP contribution in [-0.4, -0.2) is 53.7 Å². The van der Waals surface area contributed by atoms with Crippen LogP contribution in [0.4, 0.5) is 0 Å². The Morgan fingerprint density at radius 3 is 2.49 bits per heavy atom. The molecule has 2 aromatic rings. The summed E-state index contributed by atoms with van der Waals surface area (Å²) in [4.78, 5) is 65.6. The van der Waals surface area contributed by atoms with Gasteiger partial charge in [0.2, 0.25) is 0 Å². The first-order chi connectivity index (χ1) is 16.7. The summed E-state index contributed by atoms with van der Waals surface area (Å²) >= 11 is 0. The number of ether oxygens (including phenoxy) is 3. The first kappa shape index (κ1) is 25.7. The van der Waals surface area contributed by atoms with Crippen LogP contribution < -0.4 is 10.7 Å². The van der Waals surface area contributed by atoms with Crippen LogP contribution in [0.25, 0.3) is 0 Å². The van der Waals surface area contributed by atoms with Crippen molar-refractivity contribution in [1.29, 1.82) is 0 Å². The lowest BCUT2D eigenvalue weighted by Gasteiger charge is -2.29. The number of carbonyl (C=O) groups is 4. The van der Waals surface area contributed by atoms with Gasteiger partial charge in [-0.05, 0) is 18.9 Å². The van der Waals surface area contributed by atoms with Crippen molar-refractivity contribution in [2.24, 2.45) is 11.8 Å². The standard InChI is InChI=1S/C25H28N2O8/c1-14(2)23(30)35-21-15(3)34-25(32)19(27-22(29)18-12-26-10-9-20(18)28)13-33-24(31)17(21)11-16-7-5-4-6-8-16/h4-10,12,14-15,17,19,21H,11,13H2,1-3H3,(H,26,28)(H,27,29)/t15-,17+,19?,21?/m0/s1. The molecular weight excluding hydrogens is 456 g/mol. The highest BCUT2D eigenvalue weighted by Crippen LogP contribution is 2.24. The molecule has 0 bridgehead atoms. The average Bonchev–Trinajstić information content (AvgIpc) is 2.86. The largest absolute Gasteiger partial charge is 0.463 e. The van der Waals surface area contributed by atoms with Crippen LogP contribution in [0.2, 0.25) is 0 Å². The minimum Gasteiger partial charge on any atom is -0.463 e. The summed E-state index contributed by atoms with van der Waals surface area (Å²) in [6.45, 7) is 4.29. The Morgan fingerprint density at radius 2 is 1.83 bits per heavy atom. The Bertz CT molecular complexity index is 1130. The first-order valence-electron chi connectivity index (χ1n) is 11.3. The second-order valence-electron chi connectivity index (χ2n) is 8.57. The van der Waals surface area contributed by atoms with Gasteiger partial charge in [-0.1, -0.05) is 44.2 Å². The molecule has 10 nitrogen and oxygen atoms in total. The van der Waals surface area contributed by atoms with Crippen molar-refractivity contribution in [1.82, 2.24) is 10.3 Å². The lowest BCUT2D eigenvalue weighted by Crippen LogP contribution is -2.47. The molecular formula is C25H28N2O8. The number of H-pyrrole nitrogens is 1. The fourth-order valence-corrected chi connectivity index (χ4v) is 3.58. The summed E-state index contributed by atoms with van der Waals surface area (Å²) in [5, 5.41) is 2.38. The average molecular weight is 485 g/mol. The number of aromatic amines is 1. The third-order valence-corrected chi connectivity index (χ3v) is 5.54. The van der Waals surface area contributed by atoms with Crippen LogP contribution in [0.5, 0.6) is 0 Å². The summed E-state index contributed by atoms with van der Waals surface area (Å²) in [6.07, 6.45) is 0.595. The molecule has 4 atom stereocenters. The third kappa shape index (κ3) is 6.56. The molecule has 186 valence electrons. The van der Waals surface area contributed by atoms with Gasteiger partial charge < -0.3 is 24.5 Å². The van der Waals surface area contributed by atoms with Crippen molar-refractivity contribution in [3.05, 3.63) is 70.1 Å². The number of hydrogen-bond donors (Lipinski definition) is 2. The molecule has 2 N–H and O–H groups in total. The normalized spacial score (nSPS) is 22.7. The van der Waals surface area contributed by atoms with Gasteiger partial charge in [0.05, 0.1) is 5.92 Å². The number of cyclic esters (lactones) is 2. The van der Waals surface area contributed by atoms with Crippen molar-refractivity contribution >= 4 is 23.8 Å². The van der Waals surface area contributed by atoms with E-state index in [1.54, 1.807) is 13.8 Å². The van der Waals surface area contributed by atoms with Gasteiger partial charge in [0, 0.05) is 18.5 Å². The minimum absolute atomic E-state index is 0.175. The molecule has 0 spiro atoms. The molecule has 1 aromatic carbocycles. The van der Waals surface area contributed by atoms with Crippen LogP contribution in [0.3, 0.4) is 0 Å². The second-order valence-corrected chi connectivity index (χ2v) is 8.57. The van der Waals surface area contributed by atoms with Crippen molar-refractivity contribution in [2.75, 3.05) is 6.61 Å². The fourth-order valence-electron chi connectivity index (χ4n) is 3.58. The maximum Gasteiger partial charge on any atom is 0.332 e. The van der Waals surface area contributed by atoms with E-state index >= 15 is 0 Å². The molecule has 10 heteroatoms. The van der Waals surface area contributed by atoms with Crippen LogP contribution in [-0.2, 0) is 35.0 Å². The highest BCUT2D eigenvalue weighted by Gasteiger charge is 2.42. The summed E-state index contributed by atoms with van der Waals surface area (Å²) in [5.41, 5.74) is 0.0304. The molecule has 1 aliphatic rings. The van der Waals surface area contributed by atoms with Crippen LogP contribution in [0.1, 0.15) is 36.7 Å². The molecule has 1 amide bonds. The number of aromatic nitrogens is 1. The maximum atomic E-state index is 13.1. The molecule has 0 saturated carbocycles. The Morgan fingerprint density at radius 1 is 1.11 bits per heavy atom. The number of esters is 3. The van der Waals surface area contributed by atoms with Crippen molar-refractivity contribution in [3.63, 3.8) is 0 Å². The predicted octanol–water partition coefficient (Wildman–Crippen LogP) is 1.39. The van der Waals surface area contributed by atoms with E-state index in [0.717, 1.165) is 5.56 Å². The third-order valence-electron chi connectivity index (χ3n) is 5.54. The topological polar surface area (TPSA) is 141 Å². The molecule has 1 aliphatic heterocycles. The molecule has 2 heterocycles. The van der Waals surface area contributed by atoms with Gasteiger partial charge in [0.15, 0.2) is 17.6 Å². The number of carbonyl (C=O) groups excluding carboxylic acids is 4. The zero-order valence-electron chi connectivity index (χ0n) is 19.7. The van der Waals surface area contributed by atoms with E-state index in [1.807, 2.05) is 30.3 Å². The minimum atomic E-state index is -1.37. The van der Waals surface area contributed by atoms with Gasteiger partial charge in [-0.2, -0.15) is 0 Å². The number of nitrogens with one attached hydrogen (secondary N) is 2. The molecule has 2 unspecified atom stereocenters. The number of rotatable bonds is 6. The van der Waals surface area contributed by atoms with Gasteiger partial charge >= 0.3 is 17.9 Å². The SMILES string of the molecule is CC(C)C(=O)OC1[C@H](C)OC(=O)C(NC(=O)c2c[nH]ccc2=O)COC(=O)[C@@H]1Cc1ccccc1. The van der Waals surface area contributed by atoms with Gasteiger partial charge in [0.25, 0.3) is 5.91 Å². The highest BCUT2D eigenvalue weighted by atomic mass is 16.6. The van der Waals surface area contributed by atoms with E-state index in [-0.39, 0.29) is 12.0 Å². The molecule has 3 rings (SSSR count). The van der Waals surface area contributed by atoms with Gasteiger partial charge in [-0.15, -0.1) is 0 Å². The number of hydrogen-bond acceptors (Lipinski definition) is 8. The van der Waals surface area contributed by atoms with Gasteiger partial charge in [-0.3, -0.25) is 19.2 Å². The van der Waals surface area contributed by atoms with Crippen molar-refractivity contribution in [2.45, 2.75) is 45.4 Å².